The van der Waals surface area contributed by atoms with Crippen molar-refractivity contribution in [1.82, 2.24) is 19.4 Å². The lowest BCUT2D eigenvalue weighted by atomic mass is 10.1. The van der Waals surface area contributed by atoms with Crippen LogP contribution in [0.3, 0.4) is 0 Å². The third-order valence-corrected chi connectivity index (χ3v) is 5.12. The fourth-order valence-electron chi connectivity index (χ4n) is 3.75. The number of carbonyl (C=O) groups is 2. The normalized spacial score (nSPS) is 24.6. The van der Waals surface area contributed by atoms with Crippen molar-refractivity contribution in [2.75, 3.05) is 6.54 Å². The highest BCUT2D eigenvalue weighted by Crippen LogP contribution is 2.28. The molecule has 2 fully saturated rings. The smallest absolute Gasteiger partial charge is 0.246 e. The molecule has 2 aromatic rings. The fraction of sp³-hybridized carbons (Fsp3) is 0.471. The van der Waals surface area contributed by atoms with Gasteiger partial charge in [0.15, 0.2) is 0 Å². The van der Waals surface area contributed by atoms with Crippen molar-refractivity contribution in [1.29, 1.82) is 0 Å². The van der Waals surface area contributed by atoms with Gasteiger partial charge in [0.1, 0.15) is 17.9 Å². The lowest BCUT2D eigenvalue weighted by Gasteiger charge is -2.40. The van der Waals surface area contributed by atoms with Crippen LogP contribution in [0.2, 0.25) is 0 Å². The van der Waals surface area contributed by atoms with E-state index in [0.29, 0.717) is 13.1 Å². The predicted molar refractivity (Wildman–Crippen MR) is 85.5 cm³/mol. The van der Waals surface area contributed by atoms with Crippen molar-refractivity contribution in [2.45, 2.75) is 38.4 Å². The van der Waals surface area contributed by atoms with E-state index in [-0.39, 0.29) is 17.9 Å². The average Bonchev–Trinajstić information content (AvgIpc) is 3.16. The number of benzene rings is 1. The highest BCUT2D eigenvalue weighted by Gasteiger charge is 2.46. The van der Waals surface area contributed by atoms with E-state index >= 15 is 0 Å². The molecule has 6 heteroatoms. The Balaban J connectivity index is 1.67. The molecule has 1 aromatic heterocycles. The molecule has 4 rings (SSSR count). The Morgan fingerprint density at radius 1 is 1.22 bits per heavy atom. The molecule has 0 bridgehead atoms. The number of hydrogen-bond acceptors (Lipinski definition) is 3. The Morgan fingerprint density at radius 3 is 2.78 bits per heavy atom. The molecule has 0 saturated carbocycles. The zero-order valence-electron chi connectivity index (χ0n) is 13.4. The minimum atomic E-state index is -0.420. The van der Waals surface area contributed by atoms with E-state index in [2.05, 4.69) is 4.98 Å². The first kappa shape index (κ1) is 14.2. The van der Waals surface area contributed by atoms with Crippen LogP contribution in [0.15, 0.2) is 24.3 Å². The van der Waals surface area contributed by atoms with E-state index in [1.165, 1.54) is 0 Å². The van der Waals surface area contributed by atoms with Gasteiger partial charge < -0.3 is 14.4 Å². The molecule has 2 amide bonds. The molecule has 23 heavy (non-hydrogen) atoms. The molecule has 2 aliphatic heterocycles. The summed E-state index contributed by atoms with van der Waals surface area (Å²) >= 11 is 0. The largest absolute Gasteiger partial charge is 0.330 e. The number of para-hydroxylation sites is 2. The molecular formula is C17H20N4O2. The molecule has 1 aromatic carbocycles. The molecule has 3 heterocycles. The molecule has 0 aliphatic carbocycles. The van der Waals surface area contributed by atoms with Crippen LogP contribution in [0, 0.1) is 0 Å². The predicted octanol–water partition coefficient (Wildman–Crippen LogP) is 1.29. The maximum Gasteiger partial charge on any atom is 0.246 e. The summed E-state index contributed by atoms with van der Waals surface area (Å²) in [6, 6.07) is 7.21. The van der Waals surface area contributed by atoms with Gasteiger partial charge in [0.25, 0.3) is 0 Å². The van der Waals surface area contributed by atoms with Crippen molar-refractivity contribution in [3.63, 3.8) is 0 Å². The SMILES string of the molecule is C[C@H]1C(=O)N2CCC[C@H]2C(=O)N1Cc1nc2ccccc2n1C. The monoisotopic (exact) mass is 312 g/mol. The Morgan fingerprint density at radius 2 is 2.00 bits per heavy atom. The van der Waals surface area contributed by atoms with E-state index < -0.39 is 6.04 Å². The van der Waals surface area contributed by atoms with Gasteiger partial charge in [-0.1, -0.05) is 12.1 Å². The van der Waals surface area contributed by atoms with E-state index in [9.17, 15) is 9.59 Å². The molecule has 0 N–H and O–H groups in total. The number of fused-ring (bicyclic) bond motifs is 2. The third kappa shape index (κ3) is 2.04. The Bertz CT molecular complexity index is 797. The van der Waals surface area contributed by atoms with Crippen LogP contribution in [-0.2, 0) is 23.2 Å². The van der Waals surface area contributed by atoms with Crippen LogP contribution >= 0.6 is 0 Å². The summed E-state index contributed by atoms with van der Waals surface area (Å²) in [6.45, 7) is 2.90. The van der Waals surface area contributed by atoms with Crippen molar-refractivity contribution < 1.29 is 9.59 Å². The molecular weight excluding hydrogens is 292 g/mol. The molecule has 120 valence electrons. The standard InChI is InChI=1S/C17H20N4O2/c1-11-16(22)20-9-5-8-14(20)17(23)21(11)10-15-18-12-6-3-4-7-13(12)19(15)2/h3-4,6-7,11,14H,5,8-10H2,1-2H3/t11-,14-/m0/s1. The van der Waals surface area contributed by atoms with Gasteiger partial charge in [0.05, 0.1) is 17.6 Å². The molecule has 0 radical (unpaired) electrons. The number of nitrogens with zero attached hydrogens (tertiary/aromatic N) is 4. The quantitative estimate of drug-likeness (QED) is 0.840. The van der Waals surface area contributed by atoms with Gasteiger partial charge in [0, 0.05) is 13.6 Å². The van der Waals surface area contributed by atoms with Gasteiger partial charge in [-0.15, -0.1) is 0 Å². The van der Waals surface area contributed by atoms with Crippen LogP contribution in [-0.4, -0.2) is 49.8 Å². The Kier molecular flexibility index (Phi) is 3.14. The van der Waals surface area contributed by atoms with Gasteiger partial charge in [-0.05, 0) is 31.9 Å². The number of rotatable bonds is 2. The second-order valence-electron chi connectivity index (χ2n) is 6.41. The van der Waals surface area contributed by atoms with E-state index in [0.717, 1.165) is 29.7 Å². The van der Waals surface area contributed by atoms with Crippen LogP contribution in [0.4, 0.5) is 0 Å². The molecule has 2 saturated heterocycles. The molecule has 0 spiro atoms. The number of hydrogen-bond donors (Lipinski definition) is 0. The third-order valence-electron chi connectivity index (χ3n) is 5.12. The van der Waals surface area contributed by atoms with Crippen molar-refractivity contribution in [3.05, 3.63) is 30.1 Å². The first-order valence-corrected chi connectivity index (χ1v) is 8.09. The number of aryl methyl sites for hydroxylation is 1. The number of carbonyl (C=O) groups excluding carboxylic acids is 2. The second kappa shape index (κ2) is 5.08. The molecule has 2 atom stereocenters. The minimum Gasteiger partial charge on any atom is -0.330 e. The number of piperazine rings is 1. The Hall–Kier alpha value is -2.37. The van der Waals surface area contributed by atoms with Gasteiger partial charge in [-0.25, -0.2) is 4.98 Å². The van der Waals surface area contributed by atoms with E-state index in [1.54, 1.807) is 9.80 Å². The second-order valence-corrected chi connectivity index (χ2v) is 6.41. The summed E-state index contributed by atoms with van der Waals surface area (Å²) in [7, 11) is 1.95. The molecule has 0 unspecified atom stereocenters. The van der Waals surface area contributed by atoms with E-state index in [4.69, 9.17) is 0 Å². The fourth-order valence-corrected chi connectivity index (χ4v) is 3.75. The number of imidazole rings is 1. The highest BCUT2D eigenvalue weighted by atomic mass is 16.2. The molecule has 2 aliphatic rings. The van der Waals surface area contributed by atoms with Gasteiger partial charge >= 0.3 is 0 Å². The van der Waals surface area contributed by atoms with Gasteiger partial charge in [-0.3, -0.25) is 9.59 Å². The zero-order valence-corrected chi connectivity index (χ0v) is 13.4. The highest BCUT2D eigenvalue weighted by molar-refractivity contribution is 5.97. The summed E-state index contributed by atoms with van der Waals surface area (Å²) in [6.07, 6.45) is 1.69. The summed E-state index contributed by atoms with van der Waals surface area (Å²) in [5, 5.41) is 0. The summed E-state index contributed by atoms with van der Waals surface area (Å²) in [5.41, 5.74) is 1.95. The van der Waals surface area contributed by atoms with Crippen molar-refractivity contribution in [2.24, 2.45) is 7.05 Å². The van der Waals surface area contributed by atoms with E-state index in [1.807, 2.05) is 42.8 Å². The van der Waals surface area contributed by atoms with Gasteiger partial charge in [0.2, 0.25) is 11.8 Å². The number of amides is 2. The topological polar surface area (TPSA) is 58.4 Å². The van der Waals surface area contributed by atoms with Crippen LogP contribution in [0.5, 0.6) is 0 Å². The Labute approximate surface area is 134 Å². The van der Waals surface area contributed by atoms with Crippen LogP contribution in [0.1, 0.15) is 25.6 Å². The van der Waals surface area contributed by atoms with Crippen LogP contribution in [0.25, 0.3) is 11.0 Å². The summed E-state index contributed by atoms with van der Waals surface area (Å²) in [5.74, 6) is 0.929. The lowest BCUT2D eigenvalue weighted by molar-refractivity contribution is -0.159. The minimum absolute atomic E-state index is 0.0571. The van der Waals surface area contributed by atoms with Crippen molar-refractivity contribution in [3.8, 4) is 0 Å². The number of aromatic nitrogens is 2. The van der Waals surface area contributed by atoms with Crippen LogP contribution < -0.4 is 0 Å². The first-order chi connectivity index (χ1) is 11.1. The van der Waals surface area contributed by atoms with Gasteiger partial charge in [-0.2, -0.15) is 0 Å². The maximum absolute atomic E-state index is 12.8. The molecule has 6 nitrogen and oxygen atoms in total. The average molecular weight is 312 g/mol. The summed E-state index contributed by atoms with van der Waals surface area (Å²) < 4.78 is 2.00. The lowest BCUT2D eigenvalue weighted by Crippen LogP contribution is -2.61. The zero-order chi connectivity index (χ0) is 16.1. The first-order valence-electron chi connectivity index (χ1n) is 8.09. The summed E-state index contributed by atoms with van der Waals surface area (Å²) in [4.78, 5) is 33.4. The maximum atomic E-state index is 12.8. The van der Waals surface area contributed by atoms with Crippen molar-refractivity contribution >= 4 is 22.8 Å².